The molecule has 8 nitrogen and oxygen atoms in total. The van der Waals surface area contributed by atoms with Crippen LogP contribution in [0.1, 0.15) is 149 Å². The molecule has 0 saturated carbocycles. The molecule has 54 heavy (non-hydrogen) atoms. The SMILES string of the molecule is CC/C=C/C/C=C/CCCCCCCC(=O)OCC(COCCC(C(=O)[O-])[N+](C)(C)C)OC(=O)CCCCCCC/C=C/C=C/C=C/C=C/CCCCC. The minimum atomic E-state index is -1.14. The highest BCUT2D eigenvalue weighted by Crippen LogP contribution is 2.12. The van der Waals surface area contributed by atoms with Crippen LogP contribution in [0.3, 0.4) is 0 Å². The Morgan fingerprint density at radius 3 is 1.69 bits per heavy atom. The molecule has 0 radical (unpaired) electrons. The van der Waals surface area contributed by atoms with Crippen molar-refractivity contribution in [2.75, 3.05) is 41.0 Å². The number of carboxylic acid groups (broad SMARTS) is 1. The topological polar surface area (TPSA) is 102 Å². The Kier molecular flexibility index (Phi) is 34.5. The maximum Gasteiger partial charge on any atom is 0.306 e. The third kappa shape index (κ3) is 34.5. The number of unbranched alkanes of at least 4 members (excludes halogenated alkanes) is 13. The Labute approximate surface area is 330 Å². The lowest BCUT2D eigenvalue weighted by Crippen LogP contribution is -2.55. The van der Waals surface area contributed by atoms with Crippen molar-refractivity contribution in [3.05, 3.63) is 72.9 Å². The molecule has 0 aliphatic carbocycles. The van der Waals surface area contributed by atoms with Gasteiger partial charge in [-0.25, -0.2) is 0 Å². The second-order valence-electron chi connectivity index (χ2n) is 14.9. The van der Waals surface area contributed by atoms with Crippen LogP contribution >= 0.6 is 0 Å². The lowest BCUT2D eigenvalue weighted by Gasteiger charge is -2.34. The van der Waals surface area contributed by atoms with Gasteiger partial charge in [-0.3, -0.25) is 9.59 Å². The minimum Gasteiger partial charge on any atom is -0.544 e. The first-order chi connectivity index (χ1) is 26.1. The number of nitrogens with zero attached hydrogens (tertiary/aromatic N) is 1. The third-order valence-electron chi connectivity index (χ3n) is 8.92. The first-order valence-electron chi connectivity index (χ1n) is 21.0. The Bertz CT molecular complexity index is 1110. The van der Waals surface area contributed by atoms with Crippen molar-refractivity contribution in [3.63, 3.8) is 0 Å². The van der Waals surface area contributed by atoms with Gasteiger partial charge in [0.2, 0.25) is 0 Å². The predicted molar refractivity (Wildman–Crippen MR) is 222 cm³/mol. The van der Waals surface area contributed by atoms with Crippen LogP contribution in [-0.2, 0) is 28.6 Å². The second-order valence-corrected chi connectivity index (χ2v) is 14.9. The number of allylic oxidation sites excluding steroid dienone is 12. The Hall–Kier alpha value is -3.23. The fourth-order valence-corrected chi connectivity index (χ4v) is 5.65. The maximum absolute atomic E-state index is 12.7. The molecule has 0 aromatic heterocycles. The summed E-state index contributed by atoms with van der Waals surface area (Å²) in [5, 5.41) is 11.6. The van der Waals surface area contributed by atoms with Crippen LogP contribution in [-0.4, -0.2) is 75.5 Å². The number of hydrogen-bond acceptors (Lipinski definition) is 7. The van der Waals surface area contributed by atoms with E-state index in [1.807, 2.05) is 12.2 Å². The van der Waals surface area contributed by atoms with E-state index in [2.05, 4.69) is 74.6 Å². The second kappa shape index (κ2) is 36.7. The molecule has 8 heteroatoms. The van der Waals surface area contributed by atoms with E-state index in [4.69, 9.17) is 14.2 Å². The number of rotatable bonds is 36. The van der Waals surface area contributed by atoms with Crippen LogP contribution in [0.5, 0.6) is 0 Å². The van der Waals surface area contributed by atoms with Gasteiger partial charge in [0, 0.05) is 19.3 Å². The van der Waals surface area contributed by atoms with E-state index < -0.39 is 18.1 Å². The number of ether oxygens (including phenoxy) is 3. The third-order valence-corrected chi connectivity index (χ3v) is 8.92. The van der Waals surface area contributed by atoms with Crippen molar-refractivity contribution in [2.45, 2.75) is 161 Å². The minimum absolute atomic E-state index is 0.0223. The van der Waals surface area contributed by atoms with Gasteiger partial charge >= 0.3 is 11.9 Å². The van der Waals surface area contributed by atoms with Gasteiger partial charge in [0.1, 0.15) is 12.6 Å². The highest BCUT2D eigenvalue weighted by molar-refractivity contribution is 5.70. The highest BCUT2D eigenvalue weighted by atomic mass is 16.6. The van der Waals surface area contributed by atoms with Crippen molar-refractivity contribution >= 4 is 17.9 Å². The van der Waals surface area contributed by atoms with Crippen LogP contribution in [0.2, 0.25) is 0 Å². The normalized spacial score (nSPS) is 13.7. The summed E-state index contributed by atoms with van der Waals surface area (Å²) < 4.78 is 17.1. The first kappa shape index (κ1) is 50.8. The van der Waals surface area contributed by atoms with Crippen molar-refractivity contribution in [1.29, 1.82) is 0 Å². The van der Waals surface area contributed by atoms with Gasteiger partial charge in [-0.2, -0.15) is 0 Å². The summed E-state index contributed by atoms with van der Waals surface area (Å²) in [7, 11) is 5.38. The predicted octanol–water partition coefficient (Wildman–Crippen LogP) is 9.85. The summed E-state index contributed by atoms with van der Waals surface area (Å²) in [4.78, 5) is 36.8. The van der Waals surface area contributed by atoms with E-state index >= 15 is 0 Å². The van der Waals surface area contributed by atoms with Crippen LogP contribution in [0, 0.1) is 0 Å². The molecule has 0 bridgehead atoms. The Morgan fingerprint density at radius 1 is 0.593 bits per heavy atom. The van der Waals surface area contributed by atoms with E-state index in [1.54, 1.807) is 21.1 Å². The molecule has 0 amide bonds. The lowest BCUT2D eigenvalue weighted by molar-refractivity contribution is -0.889. The molecule has 0 aromatic rings. The van der Waals surface area contributed by atoms with Gasteiger partial charge in [-0.1, -0.05) is 138 Å². The number of carbonyl (C=O) groups is 3. The fourth-order valence-electron chi connectivity index (χ4n) is 5.65. The van der Waals surface area contributed by atoms with Gasteiger partial charge in [-0.15, -0.1) is 0 Å². The van der Waals surface area contributed by atoms with Gasteiger partial charge in [0.25, 0.3) is 0 Å². The molecule has 2 unspecified atom stereocenters. The summed E-state index contributed by atoms with van der Waals surface area (Å²) in [6.07, 6.45) is 44.9. The highest BCUT2D eigenvalue weighted by Gasteiger charge is 2.25. The molecular weight excluding hydrogens is 679 g/mol. The van der Waals surface area contributed by atoms with Crippen LogP contribution in [0.4, 0.5) is 0 Å². The molecule has 0 N–H and O–H groups in total. The lowest BCUT2D eigenvalue weighted by atomic mass is 10.1. The molecule has 0 aliphatic heterocycles. The maximum atomic E-state index is 12.7. The van der Waals surface area contributed by atoms with Crippen LogP contribution in [0.25, 0.3) is 0 Å². The standard InChI is InChI=1S/C46H77NO7/c1-6-8-10-12-14-16-18-20-21-22-23-24-25-27-29-31-33-35-37-45(49)54-42(40-52-39-38-43(46(50)51)47(3,4)5)41-53-44(48)36-34-32-30-28-26-19-17-15-13-11-9-7-2/h9,11,14-18,20-24,42-43H,6-8,10,12-13,19,25-41H2,1-5H3/b11-9+,16-14+,17-15+,20-18+,22-21+,24-23+. The van der Waals surface area contributed by atoms with Gasteiger partial charge < -0.3 is 28.6 Å². The number of aliphatic carboxylic acids is 1. The zero-order chi connectivity index (χ0) is 40.0. The van der Waals surface area contributed by atoms with E-state index in [9.17, 15) is 19.5 Å². The molecule has 2 atom stereocenters. The molecular formula is C46H77NO7. The van der Waals surface area contributed by atoms with Crippen molar-refractivity contribution in [3.8, 4) is 0 Å². The smallest absolute Gasteiger partial charge is 0.306 e. The van der Waals surface area contributed by atoms with Crippen molar-refractivity contribution in [2.24, 2.45) is 0 Å². The number of hydrogen-bond donors (Lipinski definition) is 0. The van der Waals surface area contributed by atoms with Gasteiger partial charge in [0.15, 0.2) is 6.10 Å². The van der Waals surface area contributed by atoms with Gasteiger partial charge in [0.05, 0.1) is 40.3 Å². The van der Waals surface area contributed by atoms with E-state index in [-0.39, 0.29) is 49.1 Å². The number of likely N-dealkylation sites (N-methyl/N-ethyl adjacent to an activating group) is 1. The summed E-state index contributed by atoms with van der Waals surface area (Å²) in [6.45, 7) is 4.45. The first-order valence-corrected chi connectivity index (χ1v) is 21.0. The number of carboxylic acids is 1. The monoisotopic (exact) mass is 756 g/mol. The number of carbonyl (C=O) groups excluding carboxylic acids is 3. The summed E-state index contributed by atoms with van der Waals surface area (Å²) in [5.41, 5.74) is 0. The quantitative estimate of drug-likeness (QED) is 0.0206. The molecule has 308 valence electrons. The zero-order valence-corrected chi connectivity index (χ0v) is 34.9. The summed E-state index contributed by atoms with van der Waals surface area (Å²) in [6, 6.07) is -0.735. The van der Waals surface area contributed by atoms with E-state index in [0.717, 1.165) is 96.3 Å². The molecule has 0 heterocycles. The number of quaternary nitrogens is 1. The van der Waals surface area contributed by atoms with Crippen molar-refractivity contribution in [1.82, 2.24) is 0 Å². The van der Waals surface area contributed by atoms with Gasteiger partial charge in [-0.05, 0) is 64.2 Å². The van der Waals surface area contributed by atoms with E-state index in [0.29, 0.717) is 6.42 Å². The molecule has 0 aromatic carbocycles. The average molecular weight is 756 g/mol. The Morgan fingerprint density at radius 2 is 1.11 bits per heavy atom. The van der Waals surface area contributed by atoms with Crippen molar-refractivity contribution < 1.29 is 38.2 Å². The molecule has 0 aliphatic rings. The number of esters is 2. The molecule has 0 saturated heterocycles. The molecule has 0 fully saturated rings. The average Bonchev–Trinajstić information content (AvgIpc) is 3.12. The molecule has 0 rings (SSSR count). The summed E-state index contributed by atoms with van der Waals surface area (Å²) in [5.74, 6) is -1.80. The van der Waals surface area contributed by atoms with Crippen LogP contribution < -0.4 is 5.11 Å². The summed E-state index contributed by atoms with van der Waals surface area (Å²) >= 11 is 0. The van der Waals surface area contributed by atoms with Crippen LogP contribution in [0.15, 0.2) is 72.9 Å². The Balaban J connectivity index is 4.46. The fraction of sp³-hybridized carbons (Fsp3) is 0.674. The molecule has 0 spiro atoms. The zero-order valence-electron chi connectivity index (χ0n) is 34.9. The largest absolute Gasteiger partial charge is 0.544 e. The van der Waals surface area contributed by atoms with E-state index in [1.165, 1.54) is 19.3 Å².